The summed E-state index contributed by atoms with van der Waals surface area (Å²) in [5, 5.41) is 2.64. The predicted octanol–water partition coefficient (Wildman–Crippen LogP) is 0.132. The minimum Gasteiger partial charge on any atom is -0.343 e. The van der Waals surface area contributed by atoms with Crippen molar-refractivity contribution >= 4 is 11.8 Å². The Morgan fingerprint density at radius 2 is 2.21 bits per heavy atom. The largest absolute Gasteiger partial charge is 0.343 e. The van der Waals surface area contributed by atoms with Gasteiger partial charge in [-0.3, -0.25) is 9.59 Å². The van der Waals surface area contributed by atoms with E-state index >= 15 is 0 Å². The number of amides is 2. The first-order valence-corrected chi connectivity index (χ1v) is 5.23. The molecule has 0 aromatic carbocycles. The Bertz CT molecular complexity index is 277. The van der Waals surface area contributed by atoms with Gasteiger partial charge in [0.15, 0.2) is 0 Å². The summed E-state index contributed by atoms with van der Waals surface area (Å²) >= 11 is 0. The summed E-state index contributed by atoms with van der Waals surface area (Å²) in [6, 6.07) is -0.00430. The van der Waals surface area contributed by atoms with Crippen molar-refractivity contribution in [2.45, 2.75) is 38.8 Å². The molecular weight excluding hydrogens is 180 g/mol. The molecule has 1 saturated heterocycles. The Labute approximate surface area is 83.6 Å². The first-order chi connectivity index (χ1) is 6.63. The lowest BCUT2D eigenvalue weighted by Gasteiger charge is -2.31. The van der Waals surface area contributed by atoms with Crippen molar-refractivity contribution in [1.82, 2.24) is 10.2 Å². The minimum absolute atomic E-state index is 0.0288. The Balaban J connectivity index is 2.03. The summed E-state index contributed by atoms with van der Waals surface area (Å²) in [5.74, 6) is 0.668. The molecule has 78 valence electrons. The smallest absolute Gasteiger partial charge is 0.245 e. The van der Waals surface area contributed by atoms with Crippen molar-refractivity contribution in [1.29, 1.82) is 0 Å². The second kappa shape index (κ2) is 3.26. The van der Waals surface area contributed by atoms with Gasteiger partial charge in [-0.2, -0.15) is 0 Å². The Hall–Kier alpha value is -1.06. The molecule has 2 fully saturated rings. The molecule has 14 heavy (non-hydrogen) atoms. The number of rotatable bonds is 2. The normalized spacial score (nSPS) is 37.0. The summed E-state index contributed by atoms with van der Waals surface area (Å²) in [7, 11) is 0. The van der Waals surface area contributed by atoms with E-state index in [1.54, 1.807) is 11.8 Å². The monoisotopic (exact) mass is 196 g/mol. The molecule has 2 aliphatic rings. The molecule has 1 saturated carbocycles. The molecule has 0 aromatic rings. The maximum Gasteiger partial charge on any atom is 0.245 e. The highest BCUT2D eigenvalue weighted by Gasteiger charge is 2.45. The number of carbonyl (C=O) groups excluding carboxylic acids is 2. The van der Waals surface area contributed by atoms with Crippen molar-refractivity contribution in [3.63, 3.8) is 0 Å². The molecule has 2 amide bonds. The maximum atomic E-state index is 11.7. The van der Waals surface area contributed by atoms with Crippen LogP contribution < -0.4 is 5.32 Å². The lowest BCUT2D eigenvalue weighted by molar-refractivity contribution is -0.144. The van der Waals surface area contributed by atoms with Crippen molar-refractivity contribution in [2.75, 3.05) is 6.54 Å². The number of nitrogens with one attached hydrogen (secondary N) is 1. The number of hydrogen-bond acceptors (Lipinski definition) is 2. The quantitative estimate of drug-likeness (QED) is 0.682. The summed E-state index contributed by atoms with van der Waals surface area (Å²) in [6.45, 7) is 4.13. The Morgan fingerprint density at radius 3 is 2.79 bits per heavy atom. The van der Waals surface area contributed by atoms with E-state index in [-0.39, 0.29) is 24.4 Å². The van der Waals surface area contributed by atoms with Crippen LogP contribution in [0.4, 0.5) is 0 Å². The molecule has 3 atom stereocenters. The van der Waals surface area contributed by atoms with Gasteiger partial charge in [0.2, 0.25) is 11.8 Å². The maximum absolute atomic E-state index is 11.7. The van der Waals surface area contributed by atoms with Crippen molar-refractivity contribution in [3.05, 3.63) is 0 Å². The third-order valence-electron chi connectivity index (χ3n) is 3.15. The summed E-state index contributed by atoms with van der Waals surface area (Å²) in [4.78, 5) is 24.7. The lowest BCUT2D eigenvalue weighted by Crippen LogP contribution is -2.57. The Morgan fingerprint density at radius 1 is 1.50 bits per heavy atom. The van der Waals surface area contributed by atoms with E-state index in [9.17, 15) is 9.59 Å². The molecule has 0 aromatic heterocycles. The number of hydrogen-bond donors (Lipinski definition) is 1. The van der Waals surface area contributed by atoms with Gasteiger partial charge in [-0.1, -0.05) is 13.3 Å². The molecule has 0 bridgehead atoms. The standard InChI is InChI=1S/C10H16N2O2/c1-3-7-4-8(7)12-5-9(13)11-6(2)10(12)14/h6-8H,3-5H2,1-2H3,(H,11,13). The summed E-state index contributed by atoms with van der Waals surface area (Å²) in [5.41, 5.74) is 0. The number of carbonyl (C=O) groups is 2. The van der Waals surface area contributed by atoms with Gasteiger partial charge < -0.3 is 10.2 Å². The molecule has 0 spiro atoms. The van der Waals surface area contributed by atoms with Crippen LogP contribution in [0, 0.1) is 5.92 Å². The van der Waals surface area contributed by atoms with Gasteiger partial charge in [-0.05, 0) is 19.3 Å². The van der Waals surface area contributed by atoms with E-state index in [4.69, 9.17) is 0 Å². The fourth-order valence-electron chi connectivity index (χ4n) is 2.16. The van der Waals surface area contributed by atoms with Gasteiger partial charge in [-0.15, -0.1) is 0 Å². The fraction of sp³-hybridized carbons (Fsp3) is 0.800. The third kappa shape index (κ3) is 1.49. The van der Waals surface area contributed by atoms with Gasteiger partial charge >= 0.3 is 0 Å². The second-order valence-electron chi connectivity index (χ2n) is 4.23. The Kier molecular flexibility index (Phi) is 2.21. The molecular formula is C10H16N2O2. The van der Waals surface area contributed by atoms with Gasteiger partial charge in [0.05, 0.1) is 6.54 Å². The van der Waals surface area contributed by atoms with E-state index in [0.717, 1.165) is 12.8 Å². The number of piperazine rings is 1. The van der Waals surface area contributed by atoms with E-state index in [1.807, 2.05) is 0 Å². The highest BCUT2D eigenvalue weighted by Crippen LogP contribution is 2.38. The predicted molar refractivity (Wildman–Crippen MR) is 51.5 cm³/mol. The topological polar surface area (TPSA) is 49.4 Å². The average molecular weight is 196 g/mol. The van der Waals surface area contributed by atoms with E-state index in [1.165, 1.54) is 0 Å². The fourth-order valence-corrected chi connectivity index (χ4v) is 2.16. The van der Waals surface area contributed by atoms with Gasteiger partial charge in [0, 0.05) is 6.04 Å². The van der Waals surface area contributed by atoms with Crippen LogP contribution in [0.25, 0.3) is 0 Å². The molecule has 1 N–H and O–H groups in total. The molecule has 1 aliphatic heterocycles. The highest BCUT2D eigenvalue weighted by molar-refractivity contribution is 5.94. The van der Waals surface area contributed by atoms with Crippen LogP contribution in [0.1, 0.15) is 26.7 Å². The molecule has 1 heterocycles. The summed E-state index contributed by atoms with van der Waals surface area (Å²) < 4.78 is 0. The van der Waals surface area contributed by atoms with Crippen LogP contribution in [-0.2, 0) is 9.59 Å². The first kappa shape index (κ1) is 9.49. The van der Waals surface area contributed by atoms with Crippen LogP contribution >= 0.6 is 0 Å². The van der Waals surface area contributed by atoms with Crippen LogP contribution in [0.2, 0.25) is 0 Å². The van der Waals surface area contributed by atoms with Gasteiger partial charge in [0.1, 0.15) is 6.04 Å². The van der Waals surface area contributed by atoms with Gasteiger partial charge in [-0.25, -0.2) is 0 Å². The number of nitrogens with zero attached hydrogens (tertiary/aromatic N) is 1. The van der Waals surface area contributed by atoms with Gasteiger partial charge in [0.25, 0.3) is 0 Å². The summed E-state index contributed by atoms with van der Waals surface area (Å²) in [6.07, 6.45) is 2.17. The SMILES string of the molecule is CCC1CC1N1CC(=O)NC(C)C1=O. The molecule has 2 rings (SSSR count). The van der Waals surface area contributed by atoms with Crippen LogP contribution in [-0.4, -0.2) is 35.3 Å². The average Bonchev–Trinajstić information content (AvgIpc) is 2.90. The molecule has 3 unspecified atom stereocenters. The zero-order chi connectivity index (χ0) is 10.3. The van der Waals surface area contributed by atoms with Crippen molar-refractivity contribution in [2.24, 2.45) is 5.92 Å². The van der Waals surface area contributed by atoms with Crippen LogP contribution in [0.3, 0.4) is 0 Å². The first-order valence-electron chi connectivity index (χ1n) is 5.23. The van der Waals surface area contributed by atoms with E-state index in [2.05, 4.69) is 12.2 Å². The highest BCUT2D eigenvalue weighted by atomic mass is 16.2. The van der Waals surface area contributed by atoms with Crippen molar-refractivity contribution in [3.8, 4) is 0 Å². The molecule has 4 heteroatoms. The molecule has 0 radical (unpaired) electrons. The van der Waals surface area contributed by atoms with Crippen LogP contribution in [0.5, 0.6) is 0 Å². The lowest BCUT2D eigenvalue weighted by atomic mass is 10.2. The zero-order valence-electron chi connectivity index (χ0n) is 8.62. The third-order valence-corrected chi connectivity index (χ3v) is 3.15. The molecule has 4 nitrogen and oxygen atoms in total. The second-order valence-corrected chi connectivity index (χ2v) is 4.23. The molecule has 1 aliphatic carbocycles. The van der Waals surface area contributed by atoms with E-state index < -0.39 is 0 Å². The zero-order valence-corrected chi connectivity index (χ0v) is 8.62. The van der Waals surface area contributed by atoms with Crippen molar-refractivity contribution < 1.29 is 9.59 Å². The minimum atomic E-state index is -0.339. The van der Waals surface area contributed by atoms with E-state index in [0.29, 0.717) is 12.0 Å². The van der Waals surface area contributed by atoms with Crippen LogP contribution in [0.15, 0.2) is 0 Å².